The molecule has 0 radical (unpaired) electrons. The first kappa shape index (κ1) is 18.6. The third-order valence-corrected chi connectivity index (χ3v) is 5.15. The highest BCUT2D eigenvalue weighted by Gasteiger charge is 2.57. The van der Waals surface area contributed by atoms with Gasteiger partial charge in [-0.25, -0.2) is 9.50 Å². The summed E-state index contributed by atoms with van der Waals surface area (Å²) in [5.41, 5.74) is 6.66. The minimum atomic E-state index is -0.823. The number of nitrogens with zero attached hydrogens (tertiary/aromatic N) is 3. The molecule has 0 aromatic carbocycles. The molecule has 2 fully saturated rings. The van der Waals surface area contributed by atoms with Crippen LogP contribution in [-0.2, 0) is 23.7 Å². The van der Waals surface area contributed by atoms with Gasteiger partial charge in [-0.05, 0) is 39.8 Å². The number of ether oxygens (including phenoxy) is 5. The van der Waals surface area contributed by atoms with Crippen LogP contribution >= 0.6 is 0 Å². The summed E-state index contributed by atoms with van der Waals surface area (Å²) >= 11 is 0. The fourth-order valence-electron chi connectivity index (χ4n) is 3.62. The lowest BCUT2D eigenvalue weighted by atomic mass is 9.91. The van der Waals surface area contributed by atoms with Gasteiger partial charge < -0.3 is 29.4 Å². The van der Waals surface area contributed by atoms with Gasteiger partial charge in [-0.15, -0.1) is 0 Å². The summed E-state index contributed by atoms with van der Waals surface area (Å²) in [6, 6.07) is 3.79. The van der Waals surface area contributed by atoms with Crippen molar-refractivity contribution in [3.63, 3.8) is 0 Å². The number of methoxy groups -OCH3 is 1. The molecule has 0 spiro atoms. The Hall–Kier alpha value is -1.78. The van der Waals surface area contributed by atoms with Crippen LogP contribution in [0.15, 0.2) is 18.5 Å². The van der Waals surface area contributed by atoms with Crippen molar-refractivity contribution in [2.45, 2.75) is 57.1 Å². The normalized spacial score (nSPS) is 29.2. The Morgan fingerprint density at radius 1 is 1.11 bits per heavy atom. The van der Waals surface area contributed by atoms with E-state index in [-0.39, 0.29) is 0 Å². The zero-order valence-electron chi connectivity index (χ0n) is 16.3. The highest BCUT2D eigenvalue weighted by molar-refractivity contribution is 5.65. The molecule has 0 aliphatic carbocycles. The molecule has 2 N–H and O–H groups in total. The van der Waals surface area contributed by atoms with E-state index in [2.05, 4.69) is 10.1 Å². The van der Waals surface area contributed by atoms with Gasteiger partial charge in [0, 0.05) is 7.11 Å². The van der Waals surface area contributed by atoms with E-state index in [1.807, 2.05) is 39.8 Å². The molecule has 0 bridgehead atoms. The quantitative estimate of drug-likeness (QED) is 0.860. The van der Waals surface area contributed by atoms with Crippen LogP contribution in [0, 0.1) is 0 Å². The van der Waals surface area contributed by atoms with Gasteiger partial charge in [0.05, 0.1) is 18.9 Å². The summed E-state index contributed by atoms with van der Waals surface area (Å²) < 4.78 is 31.9. The number of aromatic nitrogens is 3. The number of hydrogen-bond donors (Lipinski definition) is 1. The van der Waals surface area contributed by atoms with Crippen LogP contribution in [0.25, 0.3) is 5.52 Å². The lowest BCUT2D eigenvalue weighted by Gasteiger charge is -2.45. The van der Waals surface area contributed by atoms with Gasteiger partial charge in [-0.1, -0.05) is 0 Å². The van der Waals surface area contributed by atoms with Crippen molar-refractivity contribution in [1.29, 1.82) is 0 Å². The number of fused-ring (bicyclic) bond motifs is 1. The Labute approximate surface area is 157 Å². The van der Waals surface area contributed by atoms with Gasteiger partial charge in [-0.2, -0.15) is 5.10 Å². The zero-order valence-corrected chi connectivity index (χ0v) is 16.3. The molecule has 27 heavy (non-hydrogen) atoms. The average molecular weight is 378 g/mol. The molecule has 0 unspecified atom stereocenters. The predicted octanol–water partition coefficient (Wildman–Crippen LogP) is 1.67. The number of nitrogen functional groups attached to an aromatic ring is 1. The lowest BCUT2D eigenvalue weighted by molar-refractivity contribution is -0.326. The van der Waals surface area contributed by atoms with Crippen molar-refractivity contribution < 1.29 is 23.7 Å². The second-order valence-electron chi connectivity index (χ2n) is 7.92. The molecule has 4 rings (SSSR count). The van der Waals surface area contributed by atoms with Crippen molar-refractivity contribution in [2.75, 3.05) is 26.1 Å². The van der Waals surface area contributed by atoms with E-state index in [1.165, 1.54) is 6.33 Å². The van der Waals surface area contributed by atoms with Crippen LogP contribution in [0.1, 0.15) is 39.5 Å². The first-order valence-electron chi connectivity index (χ1n) is 8.93. The number of rotatable bonds is 3. The summed E-state index contributed by atoms with van der Waals surface area (Å²) in [5, 5.41) is 4.33. The van der Waals surface area contributed by atoms with Crippen LogP contribution in [0.3, 0.4) is 0 Å². The van der Waals surface area contributed by atoms with Crippen LogP contribution < -0.4 is 5.73 Å². The third kappa shape index (κ3) is 3.09. The summed E-state index contributed by atoms with van der Waals surface area (Å²) in [6.07, 6.45) is 0.497. The zero-order chi connectivity index (χ0) is 19.4. The molecule has 2 saturated heterocycles. The van der Waals surface area contributed by atoms with Crippen molar-refractivity contribution in [3.05, 3.63) is 24.2 Å². The maximum atomic E-state index is 6.27. The van der Waals surface area contributed by atoms with E-state index < -0.39 is 29.4 Å². The highest BCUT2D eigenvalue weighted by atomic mass is 16.8. The van der Waals surface area contributed by atoms with Gasteiger partial charge in [0.15, 0.2) is 17.4 Å². The Morgan fingerprint density at radius 2 is 1.81 bits per heavy atom. The van der Waals surface area contributed by atoms with Crippen molar-refractivity contribution in [1.82, 2.24) is 14.6 Å². The molecule has 4 heterocycles. The molecular weight excluding hydrogens is 352 g/mol. The van der Waals surface area contributed by atoms with Crippen LogP contribution in [-0.4, -0.2) is 58.2 Å². The van der Waals surface area contributed by atoms with Gasteiger partial charge >= 0.3 is 0 Å². The molecule has 2 atom stereocenters. The number of anilines is 1. The monoisotopic (exact) mass is 378 g/mol. The molecule has 2 aromatic rings. The van der Waals surface area contributed by atoms with E-state index >= 15 is 0 Å². The average Bonchev–Trinajstić information content (AvgIpc) is 3.17. The maximum Gasteiger partial charge on any atom is 0.164 e. The first-order chi connectivity index (χ1) is 12.7. The van der Waals surface area contributed by atoms with E-state index in [4.69, 9.17) is 29.4 Å². The Balaban J connectivity index is 1.75. The topological polar surface area (TPSA) is 102 Å². The van der Waals surface area contributed by atoms with Crippen molar-refractivity contribution >= 4 is 11.3 Å². The number of nitrogens with two attached hydrogens (primary N) is 1. The first-order valence-corrected chi connectivity index (χ1v) is 8.93. The van der Waals surface area contributed by atoms with Gasteiger partial charge in [0.1, 0.15) is 29.7 Å². The Kier molecular flexibility index (Phi) is 4.21. The van der Waals surface area contributed by atoms with Crippen molar-refractivity contribution in [3.8, 4) is 0 Å². The smallest absolute Gasteiger partial charge is 0.164 e. The van der Waals surface area contributed by atoms with Gasteiger partial charge in [0.2, 0.25) is 0 Å². The van der Waals surface area contributed by atoms with Crippen LogP contribution in [0.4, 0.5) is 5.82 Å². The fraction of sp³-hybridized carbons (Fsp3) is 0.667. The molecule has 2 aromatic heterocycles. The molecule has 9 nitrogen and oxygen atoms in total. The molecule has 2 aliphatic heterocycles. The van der Waals surface area contributed by atoms with Crippen molar-refractivity contribution in [2.24, 2.45) is 0 Å². The molecule has 148 valence electrons. The molecule has 0 amide bonds. The summed E-state index contributed by atoms with van der Waals surface area (Å²) in [4.78, 5) is 4.04. The summed E-state index contributed by atoms with van der Waals surface area (Å²) in [5.74, 6) is -1.08. The van der Waals surface area contributed by atoms with E-state index in [0.29, 0.717) is 24.5 Å². The lowest BCUT2D eigenvalue weighted by Crippen LogP contribution is -2.60. The maximum absolute atomic E-state index is 6.27. The summed E-state index contributed by atoms with van der Waals surface area (Å²) in [7, 11) is 1.63. The minimum absolute atomic E-state index is 0.317. The Bertz CT molecular complexity index is 839. The number of hydrogen-bond acceptors (Lipinski definition) is 8. The second kappa shape index (κ2) is 6.11. The van der Waals surface area contributed by atoms with E-state index in [9.17, 15) is 0 Å². The van der Waals surface area contributed by atoms with Crippen LogP contribution in [0.2, 0.25) is 0 Å². The van der Waals surface area contributed by atoms with Gasteiger partial charge in [0.25, 0.3) is 0 Å². The van der Waals surface area contributed by atoms with E-state index in [1.54, 1.807) is 11.6 Å². The molecule has 0 saturated carbocycles. The SMILES string of the molecule is COC1([C@H]2OC(C)(C)O[C@H]2c2ccc3c(N)ncnn23)COC(C)(C)OC1. The minimum Gasteiger partial charge on any atom is -0.382 e. The third-order valence-electron chi connectivity index (χ3n) is 5.15. The van der Waals surface area contributed by atoms with Gasteiger partial charge in [-0.3, -0.25) is 0 Å². The predicted molar refractivity (Wildman–Crippen MR) is 95.9 cm³/mol. The highest BCUT2D eigenvalue weighted by Crippen LogP contribution is 2.46. The van der Waals surface area contributed by atoms with E-state index in [0.717, 1.165) is 5.69 Å². The molecule has 9 heteroatoms. The molecule has 2 aliphatic rings. The molecular formula is C18H26N4O5. The fourth-order valence-corrected chi connectivity index (χ4v) is 3.62. The largest absolute Gasteiger partial charge is 0.382 e. The summed E-state index contributed by atoms with van der Waals surface area (Å²) in [6.45, 7) is 8.13. The standard InChI is InChI=1S/C18H26N4O5/c1-16(2)24-8-18(23-5,9-25-16)14-13(26-17(3,4)27-14)11-6-7-12-15(19)20-10-21-22(11)12/h6-7,10,13-14H,8-9H2,1-5H3,(H2,19,20,21)/t13-,14-/m0/s1. The van der Waals surface area contributed by atoms with Crippen LogP contribution in [0.5, 0.6) is 0 Å². The Morgan fingerprint density at radius 3 is 2.48 bits per heavy atom. The second-order valence-corrected chi connectivity index (χ2v) is 7.92.